The van der Waals surface area contributed by atoms with Crippen LogP contribution < -0.4 is 4.74 Å². The van der Waals surface area contributed by atoms with E-state index >= 15 is 0 Å². The summed E-state index contributed by atoms with van der Waals surface area (Å²) < 4.78 is 13.4. The molecule has 2 heterocycles. The molecule has 7 nitrogen and oxygen atoms in total. The van der Waals surface area contributed by atoms with E-state index in [4.69, 9.17) is 9.15 Å². The third-order valence-electron chi connectivity index (χ3n) is 5.17. The molecule has 0 unspecified atom stereocenters. The maximum Gasteiger partial charge on any atom is 0.247 e. The molecule has 2 aromatic heterocycles. The lowest BCUT2D eigenvalue weighted by Crippen LogP contribution is -2.03. The predicted octanol–water partition coefficient (Wildman–Crippen LogP) is 5.97. The lowest BCUT2D eigenvalue weighted by atomic mass is 10.1. The van der Waals surface area contributed by atoms with E-state index in [1.807, 2.05) is 55.5 Å². The second kappa shape index (κ2) is 9.99. The minimum Gasteiger partial charge on any atom is -0.497 e. The van der Waals surface area contributed by atoms with Crippen molar-refractivity contribution in [2.24, 2.45) is 0 Å². The minimum atomic E-state index is -0.0602. The van der Waals surface area contributed by atoms with Gasteiger partial charge in [-0.3, -0.25) is 0 Å². The second-order valence-corrected chi connectivity index (χ2v) is 8.92. The Labute approximate surface area is 192 Å². The number of methoxy groups -OCH3 is 1. The highest BCUT2D eigenvalue weighted by molar-refractivity contribution is 7.99. The van der Waals surface area contributed by atoms with Gasteiger partial charge in [0.15, 0.2) is 11.0 Å². The largest absolute Gasteiger partial charge is 0.497 e. The van der Waals surface area contributed by atoms with Gasteiger partial charge in [-0.2, -0.15) is 0 Å². The molecular formula is C24H27N5O2S. The number of rotatable bonds is 9. The van der Waals surface area contributed by atoms with E-state index in [0.717, 1.165) is 47.2 Å². The number of hydrogen-bond donors (Lipinski definition) is 0. The zero-order valence-corrected chi connectivity index (χ0v) is 19.6. The summed E-state index contributed by atoms with van der Waals surface area (Å²) in [5.41, 5.74) is 3.12. The summed E-state index contributed by atoms with van der Waals surface area (Å²) in [6.45, 7) is 7.12. The summed E-state index contributed by atoms with van der Waals surface area (Å²) in [6, 6.07) is 16.0. The number of nitrogens with zero attached hydrogens (tertiary/aromatic N) is 5. The number of ether oxygens (including phenoxy) is 1. The van der Waals surface area contributed by atoms with Crippen LogP contribution in [0.5, 0.6) is 5.75 Å². The molecule has 0 saturated heterocycles. The van der Waals surface area contributed by atoms with Crippen molar-refractivity contribution in [1.29, 1.82) is 0 Å². The van der Waals surface area contributed by atoms with E-state index in [1.54, 1.807) is 18.9 Å². The zero-order chi connectivity index (χ0) is 22.5. The van der Waals surface area contributed by atoms with Gasteiger partial charge in [0.05, 0.1) is 12.4 Å². The first-order chi connectivity index (χ1) is 15.6. The Morgan fingerprint density at radius 2 is 1.69 bits per heavy atom. The van der Waals surface area contributed by atoms with Gasteiger partial charge in [0.2, 0.25) is 11.8 Å². The molecular weight excluding hydrogens is 422 g/mol. The number of hydrogen-bond acceptors (Lipinski definition) is 7. The van der Waals surface area contributed by atoms with Gasteiger partial charge in [-0.1, -0.05) is 42.8 Å². The van der Waals surface area contributed by atoms with Crippen LogP contribution in [-0.2, 0) is 6.54 Å². The molecule has 0 bridgehead atoms. The zero-order valence-electron chi connectivity index (χ0n) is 18.8. The molecule has 4 rings (SSSR count). The van der Waals surface area contributed by atoms with Gasteiger partial charge in [-0.15, -0.1) is 20.4 Å². The molecule has 0 amide bonds. The molecule has 2 aromatic carbocycles. The third kappa shape index (κ3) is 4.85. The van der Waals surface area contributed by atoms with Gasteiger partial charge < -0.3 is 13.7 Å². The van der Waals surface area contributed by atoms with Crippen molar-refractivity contribution < 1.29 is 9.15 Å². The lowest BCUT2D eigenvalue weighted by Gasteiger charge is -2.11. The molecule has 32 heavy (non-hydrogen) atoms. The van der Waals surface area contributed by atoms with Crippen molar-refractivity contribution >= 4 is 11.8 Å². The summed E-state index contributed by atoms with van der Waals surface area (Å²) >= 11 is 1.58. The van der Waals surface area contributed by atoms with Crippen LogP contribution in [0.2, 0.25) is 0 Å². The molecule has 4 aromatic rings. The number of benzene rings is 2. The smallest absolute Gasteiger partial charge is 0.247 e. The van der Waals surface area contributed by atoms with Crippen LogP contribution in [0, 0.1) is 6.92 Å². The molecule has 0 N–H and O–H groups in total. The number of aryl methyl sites for hydroxylation is 1. The van der Waals surface area contributed by atoms with Crippen molar-refractivity contribution in [1.82, 2.24) is 25.0 Å². The summed E-state index contributed by atoms with van der Waals surface area (Å²) in [5.74, 6) is 2.76. The minimum absolute atomic E-state index is 0.0602. The molecule has 8 heteroatoms. The van der Waals surface area contributed by atoms with Crippen LogP contribution in [0.4, 0.5) is 0 Å². The molecule has 166 valence electrons. The Morgan fingerprint density at radius 1 is 0.969 bits per heavy atom. The summed E-state index contributed by atoms with van der Waals surface area (Å²) in [4.78, 5) is 0. The van der Waals surface area contributed by atoms with Crippen molar-refractivity contribution in [2.45, 2.75) is 50.6 Å². The van der Waals surface area contributed by atoms with E-state index in [2.05, 4.69) is 38.8 Å². The Kier molecular flexibility index (Phi) is 6.90. The van der Waals surface area contributed by atoms with Crippen LogP contribution in [0.25, 0.3) is 22.8 Å². The number of thioether (sulfide) groups is 1. The molecule has 1 atom stereocenters. The predicted molar refractivity (Wildman–Crippen MR) is 126 cm³/mol. The Hall–Kier alpha value is -3.13. The Balaban J connectivity index is 1.56. The van der Waals surface area contributed by atoms with Gasteiger partial charge in [-0.25, -0.2) is 0 Å². The fraction of sp³-hybridized carbons (Fsp3) is 0.333. The van der Waals surface area contributed by atoms with E-state index in [0.29, 0.717) is 11.8 Å². The first-order valence-corrected chi connectivity index (χ1v) is 11.6. The standard InChI is InChI=1S/C24H27N5O2S/c1-5-6-15-29-21(18-11-13-20(30-4)14-12-18)25-28-24(29)32-17(3)22-26-27-23(31-22)19-9-7-16(2)8-10-19/h7-14,17H,5-6,15H2,1-4H3/t17-/m0/s1. The quantitative estimate of drug-likeness (QED) is 0.291. The molecule has 0 aliphatic carbocycles. The van der Waals surface area contributed by atoms with Gasteiger partial charge >= 0.3 is 0 Å². The maximum atomic E-state index is 5.97. The highest BCUT2D eigenvalue weighted by Gasteiger charge is 2.21. The molecule has 0 saturated carbocycles. The number of unbranched alkanes of at least 4 members (excludes halogenated alkanes) is 1. The molecule has 0 fully saturated rings. The van der Waals surface area contributed by atoms with Crippen LogP contribution >= 0.6 is 11.8 Å². The van der Waals surface area contributed by atoms with Gasteiger partial charge in [-0.05, 0) is 56.7 Å². The monoisotopic (exact) mass is 449 g/mol. The lowest BCUT2D eigenvalue weighted by molar-refractivity contribution is 0.415. The van der Waals surface area contributed by atoms with Crippen LogP contribution in [0.3, 0.4) is 0 Å². The number of aromatic nitrogens is 5. The van der Waals surface area contributed by atoms with Gasteiger partial charge in [0, 0.05) is 17.7 Å². The third-order valence-corrected chi connectivity index (χ3v) is 6.24. The van der Waals surface area contributed by atoms with Crippen molar-refractivity contribution in [3.63, 3.8) is 0 Å². The fourth-order valence-electron chi connectivity index (χ4n) is 3.27. The van der Waals surface area contributed by atoms with Crippen LogP contribution in [0.1, 0.15) is 43.4 Å². The molecule has 0 aliphatic rings. The maximum absolute atomic E-state index is 5.97. The van der Waals surface area contributed by atoms with Crippen LogP contribution in [0.15, 0.2) is 58.1 Å². The summed E-state index contributed by atoms with van der Waals surface area (Å²) in [7, 11) is 1.66. The average molecular weight is 450 g/mol. The molecule has 0 spiro atoms. The Bertz CT molecular complexity index is 1150. The van der Waals surface area contributed by atoms with Gasteiger partial charge in [0.1, 0.15) is 5.75 Å². The first kappa shape index (κ1) is 22.1. The van der Waals surface area contributed by atoms with Crippen LogP contribution in [-0.4, -0.2) is 32.1 Å². The topological polar surface area (TPSA) is 78.9 Å². The normalized spacial score (nSPS) is 12.1. The highest BCUT2D eigenvalue weighted by atomic mass is 32.2. The van der Waals surface area contributed by atoms with E-state index < -0.39 is 0 Å². The summed E-state index contributed by atoms with van der Waals surface area (Å²) in [5, 5.41) is 18.3. The van der Waals surface area contributed by atoms with Crippen molar-refractivity contribution in [3.8, 4) is 28.6 Å². The molecule has 0 radical (unpaired) electrons. The van der Waals surface area contributed by atoms with Gasteiger partial charge in [0.25, 0.3) is 0 Å². The van der Waals surface area contributed by atoms with E-state index in [-0.39, 0.29) is 5.25 Å². The van der Waals surface area contributed by atoms with E-state index in [9.17, 15) is 0 Å². The highest BCUT2D eigenvalue weighted by Crippen LogP contribution is 2.36. The Morgan fingerprint density at radius 3 is 2.38 bits per heavy atom. The molecule has 0 aliphatic heterocycles. The van der Waals surface area contributed by atoms with Crippen molar-refractivity contribution in [2.75, 3.05) is 7.11 Å². The average Bonchev–Trinajstić information content (AvgIpc) is 3.46. The van der Waals surface area contributed by atoms with Crippen molar-refractivity contribution in [3.05, 3.63) is 60.0 Å². The van der Waals surface area contributed by atoms with E-state index in [1.165, 1.54) is 5.56 Å². The second-order valence-electron chi connectivity index (χ2n) is 7.61. The fourth-order valence-corrected chi connectivity index (χ4v) is 4.17. The first-order valence-electron chi connectivity index (χ1n) is 10.7. The SMILES string of the molecule is CCCCn1c(S[C@@H](C)c2nnc(-c3ccc(C)cc3)o2)nnc1-c1ccc(OC)cc1. The summed E-state index contributed by atoms with van der Waals surface area (Å²) in [6.07, 6.45) is 2.13.